The summed E-state index contributed by atoms with van der Waals surface area (Å²) in [5.41, 5.74) is 10.4. The van der Waals surface area contributed by atoms with E-state index in [1.165, 1.54) is 12.1 Å². The van der Waals surface area contributed by atoms with Gasteiger partial charge in [0.2, 0.25) is 5.91 Å². The number of halogens is 3. The molecule has 0 aromatic heterocycles. The van der Waals surface area contributed by atoms with Gasteiger partial charge >= 0.3 is 6.18 Å². The molecule has 0 atom stereocenters. The molecule has 0 aliphatic heterocycles. The predicted molar refractivity (Wildman–Crippen MR) is 75.7 cm³/mol. The Bertz CT molecular complexity index is 489. The number of nitrogens with zero attached hydrogens (tertiary/aromatic N) is 1. The summed E-state index contributed by atoms with van der Waals surface area (Å²) in [6.07, 6.45) is -2.73. The summed E-state index contributed by atoms with van der Waals surface area (Å²) in [6.45, 7) is 2.28. The molecule has 0 saturated heterocycles. The maximum absolute atomic E-state index is 12.8. The van der Waals surface area contributed by atoms with Crippen molar-refractivity contribution in [3.05, 3.63) is 29.3 Å². The van der Waals surface area contributed by atoms with Gasteiger partial charge in [0.05, 0.1) is 12.1 Å². The minimum Gasteiger partial charge on any atom is -0.368 e. The molecule has 1 aromatic rings. The lowest BCUT2D eigenvalue weighted by Gasteiger charge is -2.24. The molecule has 7 heteroatoms. The minimum atomic E-state index is -4.44. The zero-order valence-corrected chi connectivity index (χ0v) is 11.9. The zero-order chi connectivity index (χ0) is 16.0. The Morgan fingerprint density at radius 3 is 2.48 bits per heavy atom. The van der Waals surface area contributed by atoms with Crippen LogP contribution in [0, 0.1) is 0 Å². The number of carbonyl (C=O) groups is 1. The van der Waals surface area contributed by atoms with Gasteiger partial charge in [-0.15, -0.1) is 0 Å². The number of hydrogen-bond donors (Lipinski definition) is 2. The topological polar surface area (TPSA) is 72.3 Å². The van der Waals surface area contributed by atoms with E-state index in [0.29, 0.717) is 12.2 Å². The lowest BCUT2D eigenvalue weighted by molar-refractivity contribution is -0.138. The summed E-state index contributed by atoms with van der Waals surface area (Å²) in [6, 6.07) is 3.72. The maximum Gasteiger partial charge on any atom is 0.416 e. The van der Waals surface area contributed by atoms with Gasteiger partial charge in [-0.05, 0) is 30.2 Å². The number of alkyl halides is 3. The number of anilines is 1. The highest BCUT2D eigenvalue weighted by atomic mass is 19.4. The van der Waals surface area contributed by atoms with Crippen molar-refractivity contribution in [2.75, 3.05) is 18.0 Å². The zero-order valence-electron chi connectivity index (χ0n) is 11.9. The standard InChI is InChI=1S/C14H20F3N3O/c1-2-3-6-20(9-13(19)21)11-4-5-12(14(15,16)17)10(7-11)8-18/h4-5,7H,2-3,6,8-9,18H2,1H3,(H2,19,21). The lowest BCUT2D eigenvalue weighted by Crippen LogP contribution is -2.34. The molecular weight excluding hydrogens is 283 g/mol. The van der Waals surface area contributed by atoms with E-state index in [1.54, 1.807) is 4.90 Å². The Balaban J connectivity index is 3.11. The van der Waals surface area contributed by atoms with Crippen molar-refractivity contribution in [1.29, 1.82) is 0 Å². The van der Waals surface area contributed by atoms with Crippen molar-refractivity contribution in [2.24, 2.45) is 11.5 Å². The highest BCUT2D eigenvalue weighted by molar-refractivity contribution is 5.79. The number of unbranched alkanes of at least 4 members (excludes halogenated alkanes) is 1. The number of rotatable bonds is 7. The van der Waals surface area contributed by atoms with Gasteiger partial charge in [0.1, 0.15) is 0 Å². The summed E-state index contributed by atoms with van der Waals surface area (Å²) in [5.74, 6) is -0.528. The number of benzene rings is 1. The van der Waals surface area contributed by atoms with E-state index in [4.69, 9.17) is 11.5 Å². The SMILES string of the molecule is CCCCN(CC(N)=O)c1ccc(C(F)(F)F)c(CN)c1. The summed E-state index contributed by atoms with van der Waals surface area (Å²) in [4.78, 5) is 12.8. The van der Waals surface area contributed by atoms with Crippen molar-refractivity contribution in [1.82, 2.24) is 0 Å². The van der Waals surface area contributed by atoms with Crippen LogP contribution in [-0.4, -0.2) is 19.0 Å². The summed E-state index contributed by atoms with van der Waals surface area (Å²) >= 11 is 0. The molecule has 0 spiro atoms. The van der Waals surface area contributed by atoms with Crippen LogP contribution >= 0.6 is 0 Å². The number of nitrogens with two attached hydrogens (primary N) is 2. The molecule has 0 radical (unpaired) electrons. The Morgan fingerprint density at radius 1 is 1.33 bits per heavy atom. The first-order valence-corrected chi connectivity index (χ1v) is 6.73. The molecule has 118 valence electrons. The second-order valence-electron chi connectivity index (χ2n) is 4.78. The molecule has 0 fully saturated rings. The van der Waals surface area contributed by atoms with Crippen LogP contribution < -0.4 is 16.4 Å². The van der Waals surface area contributed by atoms with E-state index in [0.717, 1.165) is 18.9 Å². The van der Waals surface area contributed by atoms with Gasteiger partial charge in [0.25, 0.3) is 0 Å². The molecule has 21 heavy (non-hydrogen) atoms. The number of hydrogen-bond acceptors (Lipinski definition) is 3. The van der Waals surface area contributed by atoms with Crippen LogP contribution in [0.25, 0.3) is 0 Å². The van der Waals surface area contributed by atoms with Gasteiger partial charge in [0, 0.05) is 18.8 Å². The van der Waals surface area contributed by atoms with Gasteiger partial charge in [-0.25, -0.2) is 0 Å². The van der Waals surface area contributed by atoms with Crippen molar-refractivity contribution in [2.45, 2.75) is 32.5 Å². The third-order valence-electron chi connectivity index (χ3n) is 3.11. The monoisotopic (exact) mass is 303 g/mol. The van der Waals surface area contributed by atoms with Crippen LogP contribution in [-0.2, 0) is 17.5 Å². The van der Waals surface area contributed by atoms with Crippen molar-refractivity contribution >= 4 is 11.6 Å². The van der Waals surface area contributed by atoms with E-state index >= 15 is 0 Å². The quantitative estimate of drug-likeness (QED) is 0.811. The van der Waals surface area contributed by atoms with Crippen LogP contribution in [0.1, 0.15) is 30.9 Å². The minimum absolute atomic E-state index is 0.00553. The molecule has 4 nitrogen and oxygen atoms in total. The molecule has 0 aliphatic carbocycles. The van der Waals surface area contributed by atoms with Crippen LogP contribution in [0.4, 0.5) is 18.9 Å². The third-order valence-corrected chi connectivity index (χ3v) is 3.11. The number of amides is 1. The van der Waals surface area contributed by atoms with Crippen LogP contribution in [0.3, 0.4) is 0 Å². The van der Waals surface area contributed by atoms with Crippen molar-refractivity contribution in [3.63, 3.8) is 0 Å². The summed E-state index contributed by atoms with van der Waals surface area (Å²) in [5, 5.41) is 0. The van der Waals surface area contributed by atoms with E-state index in [-0.39, 0.29) is 18.7 Å². The fourth-order valence-electron chi connectivity index (χ4n) is 2.06. The molecule has 0 heterocycles. The first kappa shape index (κ1) is 17.3. The first-order chi connectivity index (χ1) is 9.79. The van der Waals surface area contributed by atoms with Crippen molar-refractivity contribution in [3.8, 4) is 0 Å². The van der Waals surface area contributed by atoms with Gasteiger partial charge in [-0.1, -0.05) is 13.3 Å². The second-order valence-corrected chi connectivity index (χ2v) is 4.78. The Morgan fingerprint density at radius 2 is 2.00 bits per heavy atom. The molecule has 4 N–H and O–H groups in total. The lowest BCUT2D eigenvalue weighted by atomic mass is 10.1. The maximum atomic E-state index is 12.8. The highest BCUT2D eigenvalue weighted by Gasteiger charge is 2.33. The van der Waals surface area contributed by atoms with Crippen molar-refractivity contribution < 1.29 is 18.0 Å². The fourth-order valence-corrected chi connectivity index (χ4v) is 2.06. The summed E-state index contributed by atoms with van der Waals surface area (Å²) < 4.78 is 38.5. The highest BCUT2D eigenvalue weighted by Crippen LogP contribution is 2.33. The van der Waals surface area contributed by atoms with Crippen LogP contribution in [0.15, 0.2) is 18.2 Å². The number of primary amides is 1. The van der Waals surface area contributed by atoms with Crippen LogP contribution in [0.2, 0.25) is 0 Å². The molecule has 0 aliphatic rings. The van der Waals surface area contributed by atoms with E-state index < -0.39 is 17.6 Å². The molecule has 0 saturated carbocycles. The fraction of sp³-hybridized carbons (Fsp3) is 0.500. The van der Waals surface area contributed by atoms with Gasteiger partial charge in [-0.3, -0.25) is 4.79 Å². The molecule has 1 aromatic carbocycles. The number of carbonyl (C=O) groups excluding carboxylic acids is 1. The largest absolute Gasteiger partial charge is 0.416 e. The molecule has 1 amide bonds. The smallest absolute Gasteiger partial charge is 0.368 e. The molecule has 0 bridgehead atoms. The van der Waals surface area contributed by atoms with E-state index in [1.807, 2.05) is 6.92 Å². The average Bonchev–Trinajstić information content (AvgIpc) is 2.41. The third kappa shape index (κ3) is 4.93. The Kier molecular flexibility index (Phi) is 6.02. The molecular formula is C14H20F3N3O. The predicted octanol–water partition coefficient (Wildman–Crippen LogP) is 2.26. The molecule has 1 rings (SSSR count). The normalized spacial score (nSPS) is 11.5. The van der Waals surface area contributed by atoms with Gasteiger partial charge in [-0.2, -0.15) is 13.2 Å². The molecule has 0 unspecified atom stereocenters. The Hall–Kier alpha value is -1.76. The van der Waals surface area contributed by atoms with Crippen LogP contribution in [0.5, 0.6) is 0 Å². The Labute approximate surface area is 121 Å². The second kappa shape index (κ2) is 7.31. The first-order valence-electron chi connectivity index (χ1n) is 6.73. The average molecular weight is 303 g/mol. The van der Waals surface area contributed by atoms with Gasteiger partial charge in [0.15, 0.2) is 0 Å². The summed E-state index contributed by atoms with van der Waals surface area (Å²) in [7, 11) is 0. The van der Waals surface area contributed by atoms with E-state index in [2.05, 4.69) is 0 Å². The van der Waals surface area contributed by atoms with E-state index in [9.17, 15) is 18.0 Å². The van der Waals surface area contributed by atoms with Gasteiger partial charge < -0.3 is 16.4 Å².